The summed E-state index contributed by atoms with van der Waals surface area (Å²) in [5.41, 5.74) is -0.600. The summed E-state index contributed by atoms with van der Waals surface area (Å²) in [5.74, 6) is 0.732. The summed E-state index contributed by atoms with van der Waals surface area (Å²) >= 11 is 0. The number of amides is 1. The van der Waals surface area contributed by atoms with E-state index in [2.05, 4.69) is 5.32 Å². The summed E-state index contributed by atoms with van der Waals surface area (Å²) in [6.45, 7) is 9.87. The van der Waals surface area contributed by atoms with Crippen LogP contribution in [0.2, 0.25) is 0 Å². The highest BCUT2D eigenvalue weighted by atomic mass is 32.2. The smallest absolute Gasteiger partial charge is 0.407 e. The second kappa shape index (κ2) is 9.23. The van der Waals surface area contributed by atoms with Crippen molar-refractivity contribution < 1.29 is 22.7 Å². The molecule has 1 rings (SSSR count). The van der Waals surface area contributed by atoms with Crippen molar-refractivity contribution in [1.29, 1.82) is 0 Å². The Hall–Kier alpha value is -1.80. The maximum absolute atomic E-state index is 12.9. The third kappa shape index (κ3) is 7.21. The highest BCUT2D eigenvalue weighted by molar-refractivity contribution is 7.89. The average molecular weight is 387 g/mol. The molecule has 0 atom stereocenters. The number of nitrogens with one attached hydrogen (secondary N) is 1. The zero-order valence-corrected chi connectivity index (χ0v) is 17.2. The van der Waals surface area contributed by atoms with Gasteiger partial charge in [0.05, 0.1) is 12.0 Å². The Morgan fingerprint density at radius 3 is 2.23 bits per heavy atom. The molecule has 1 amide bonds. The zero-order valence-electron chi connectivity index (χ0n) is 16.4. The van der Waals surface area contributed by atoms with Crippen LogP contribution in [-0.4, -0.2) is 51.2 Å². The lowest BCUT2D eigenvalue weighted by atomic mass is 10.2. The van der Waals surface area contributed by atoms with Crippen molar-refractivity contribution in [2.75, 3.05) is 26.7 Å². The fourth-order valence-electron chi connectivity index (χ4n) is 2.21. The van der Waals surface area contributed by atoms with E-state index in [4.69, 9.17) is 9.47 Å². The van der Waals surface area contributed by atoms with Gasteiger partial charge in [0, 0.05) is 19.6 Å². The minimum absolute atomic E-state index is 0.143. The topological polar surface area (TPSA) is 84.9 Å². The zero-order chi connectivity index (χ0) is 20.0. The molecule has 7 nitrogen and oxygen atoms in total. The summed E-state index contributed by atoms with van der Waals surface area (Å²) in [7, 11) is -2.14. The molecule has 0 aliphatic heterocycles. The van der Waals surface area contributed by atoms with Gasteiger partial charge >= 0.3 is 6.09 Å². The van der Waals surface area contributed by atoms with Crippen molar-refractivity contribution in [1.82, 2.24) is 9.62 Å². The number of hydrogen-bond donors (Lipinski definition) is 1. The van der Waals surface area contributed by atoms with E-state index in [1.807, 2.05) is 13.8 Å². The van der Waals surface area contributed by atoms with Gasteiger partial charge in [0.15, 0.2) is 0 Å². The largest absolute Gasteiger partial charge is 0.497 e. The Morgan fingerprint density at radius 2 is 1.77 bits per heavy atom. The molecule has 0 fully saturated rings. The number of rotatable bonds is 8. The molecule has 1 N–H and O–H groups in total. The van der Waals surface area contributed by atoms with Crippen LogP contribution < -0.4 is 10.1 Å². The van der Waals surface area contributed by atoms with Crippen LogP contribution in [0, 0.1) is 5.92 Å². The quantitative estimate of drug-likeness (QED) is 0.743. The van der Waals surface area contributed by atoms with E-state index in [9.17, 15) is 13.2 Å². The highest BCUT2D eigenvalue weighted by Crippen LogP contribution is 2.20. The SMILES string of the molecule is COc1ccc(S(=O)(=O)N(CCNC(=O)OC(C)(C)C)CC(C)C)cc1. The first-order valence-corrected chi connectivity index (χ1v) is 10.0. The molecule has 0 saturated carbocycles. The Kier molecular flexibility index (Phi) is 7.89. The maximum atomic E-state index is 12.9. The molecule has 0 heterocycles. The van der Waals surface area contributed by atoms with Crippen LogP contribution in [0.15, 0.2) is 29.2 Å². The molecule has 0 radical (unpaired) electrons. The monoisotopic (exact) mass is 386 g/mol. The number of benzene rings is 1. The predicted molar refractivity (Wildman–Crippen MR) is 101 cm³/mol. The van der Waals surface area contributed by atoms with Crippen molar-refractivity contribution in [3.8, 4) is 5.75 Å². The predicted octanol–water partition coefficient (Wildman–Crippen LogP) is 2.87. The Morgan fingerprint density at radius 1 is 1.19 bits per heavy atom. The van der Waals surface area contributed by atoms with Gasteiger partial charge in [-0.05, 0) is 51.0 Å². The van der Waals surface area contributed by atoms with Gasteiger partial charge in [0.2, 0.25) is 10.0 Å². The van der Waals surface area contributed by atoms with Crippen molar-refractivity contribution >= 4 is 16.1 Å². The van der Waals surface area contributed by atoms with E-state index in [1.165, 1.54) is 23.5 Å². The highest BCUT2D eigenvalue weighted by Gasteiger charge is 2.25. The lowest BCUT2D eigenvalue weighted by Crippen LogP contribution is -2.41. The molecule has 0 aromatic heterocycles. The summed E-state index contributed by atoms with van der Waals surface area (Å²) in [4.78, 5) is 11.9. The molecule has 0 bridgehead atoms. The molecule has 0 aliphatic rings. The number of sulfonamides is 1. The van der Waals surface area contributed by atoms with Gasteiger partial charge in [-0.3, -0.25) is 0 Å². The fraction of sp³-hybridized carbons (Fsp3) is 0.611. The number of hydrogen-bond acceptors (Lipinski definition) is 5. The minimum Gasteiger partial charge on any atom is -0.497 e. The summed E-state index contributed by atoms with van der Waals surface area (Å²) < 4.78 is 37.4. The first kappa shape index (κ1) is 22.2. The molecule has 26 heavy (non-hydrogen) atoms. The van der Waals surface area contributed by atoms with E-state index in [0.29, 0.717) is 12.3 Å². The Labute approximate surface area is 156 Å². The number of nitrogens with zero attached hydrogens (tertiary/aromatic N) is 1. The molecular formula is C18H30N2O5S. The van der Waals surface area contributed by atoms with Crippen LogP contribution in [-0.2, 0) is 14.8 Å². The number of methoxy groups -OCH3 is 1. The molecule has 0 aliphatic carbocycles. The molecular weight excluding hydrogens is 356 g/mol. The van der Waals surface area contributed by atoms with Crippen LogP contribution in [0.5, 0.6) is 5.75 Å². The van der Waals surface area contributed by atoms with Crippen LogP contribution in [0.25, 0.3) is 0 Å². The Bertz CT molecular complexity index is 679. The van der Waals surface area contributed by atoms with Crippen LogP contribution in [0.1, 0.15) is 34.6 Å². The number of alkyl carbamates (subject to hydrolysis) is 1. The van der Waals surface area contributed by atoms with Gasteiger partial charge in [-0.15, -0.1) is 0 Å². The second-order valence-electron chi connectivity index (χ2n) is 7.36. The van der Waals surface area contributed by atoms with E-state index in [-0.39, 0.29) is 23.9 Å². The first-order valence-electron chi connectivity index (χ1n) is 8.57. The van der Waals surface area contributed by atoms with Gasteiger partial charge in [-0.1, -0.05) is 13.8 Å². The van der Waals surface area contributed by atoms with Crippen molar-refractivity contribution in [2.45, 2.75) is 45.1 Å². The molecule has 148 valence electrons. The number of carbonyl (C=O) groups is 1. The second-order valence-corrected chi connectivity index (χ2v) is 9.30. The van der Waals surface area contributed by atoms with E-state index in [1.54, 1.807) is 32.9 Å². The average Bonchev–Trinajstić information content (AvgIpc) is 2.51. The van der Waals surface area contributed by atoms with Gasteiger partial charge in [-0.2, -0.15) is 4.31 Å². The fourth-order valence-corrected chi connectivity index (χ4v) is 3.81. The third-order valence-electron chi connectivity index (χ3n) is 3.30. The molecule has 0 unspecified atom stereocenters. The minimum atomic E-state index is -3.67. The molecule has 8 heteroatoms. The van der Waals surface area contributed by atoms with E-state index in [0.717, 1.165) is 0 Å². The van der Waals surface area contributed by atoms with Gasteiger partial charge in [0.25, 0.3) is 0 Å². The summed E-state index contributed by atoms with van der Waals surface area (Å²) in [5, 5.41) is 2.60. The van der Waals surface area contributed by atoms with Crippen molar-refractivity contribution in [2.24, 2.45) is 5.92 Å². The summed E-state index contributed by atoms with van der Waals surface area (Å²) in [6.07, 6.45) is -0.566. The van der Waals surface area contributed by atoms with Crippen molar-refractivity contribution in [3.05, 3.63) is 24.3 Å². The van der Waals surface area contributed by atoms with E-state index < -0.39 is 21.7 Å². The summed E-state index contributed by atoms with van der Waals surface area (Å²) in [6, 6.07) is 6.25. The molecule has 1 aromatic rings. The van der Waals surface area contributed by atoms with Gasteiger partial charge < -0.3 is 14.8 Å². The third-order valence-corrected chi connectivity index (χ3v) is 5.17. The maximum Gasteiger partial charge on any atom is 0.407 e. The lowest BCUT2D eigenvalue weighted by molar-refractivity contribution is 0.0525. The lowest BCUT2D eigenvalue weighted by Gasteiger charge is -2.25. The molecule has 0 saturated heterocycles. The number of carbonyl (C=O) groups excluding carboxylic acids is 1. The normalized spacial score (nSPS) is 12.3. The number of ether oxygens (including phenoxy) is 2. The van der Waals surface area contributed by atoms with Crippen LogP contribution in [0.3, 0.4) is 0 Å². The molecule has 0 spiro atoms. The van der Waals surface area contributed by atoms with E-state index >= 15 is 0 Å². The van der Waals surface area contributed by atoms with Gasteiger partial charge in [-0.25, -0.2) is 13.2 Å². The first-order chi connectivity index (χ1) is 12.0. The van der Waals surface area contributed by atoms with Gasteiger partial charge in [0.1, 0.15) is 11.4 Å². The Balaban J connectivity index is 2.83. The molecule has 1 aromatic carbocycles. The van der Waals surface area contributed by atoms with Crippen LogP contribution >= 0.6 is 0 Å². The van der Waals surface area contributed by atoms with Crippen molar-refractivity contribution in [3.63, 3.8) is 0 Å². The standard InChI is InChI=1S/C18H30N2O5S/c1-14(2)13-20(12-11-19-17(21)25-18(3,4)5)26(22,23)16-9-7-15(24-6)8-10-16/h7-10,14H,11-13H2,1-6H3,(H,19,21). The van der Waals surface area contributed by atoms with Crippen LogP contribution in [0.4, 0.5) is 4.79 Å².